The minimum Gasteiger partial charge on any atom is -0.455 e. The number of carbonyl (C=O) groups excluding carboxylic acids is 1. The van der Waals surface area contributed by atoms with Gasteiger partial charge in [-0.25, -0.2) is 0 Å². The zero-order valence-corrected chi connectivity index (χ0v) is 14.5. The molecule has 2 aromatic carbocycles. The van der Waals surface area contributed by atoms with Gasteiger partial charge in [0.1, 0.15) is 29.0 Å². The molecule has 1 heterocycles. The molecule has 0 fully saturated rings. The highest BCUT2D eigenvalue weighted by atomic mass is 16.5. The largest absolute Gasteiger partial charge is 0.455 e. The van der Waals surface area contributed by atoms with E-state index in [9.17, 15) is 10.1 Å². The number of aromatic nitrogens is 1. The maximum Gasteiger partial charge on any atom is 0.257 e. The third-order valence-corrected chi connectivity index (χ3v) is 3.77. The first-order valence-electron chi connectivity index (χ1n) is 8.02. The molecule has 0 saturated heterocycles. The van der Waals surface area contributed by atoms with E-state index >= 15 is 0 Å². The van der Waals surface area contributed by atoms with Crippen LogP contribution in [0.5, 0.6) is 11.5 Å². The monoisotopic (exact) mass is 347 g/mol. The molecule has 0 unspecified atom stereocenters. The summed E-state index contributed by atoms with van der Waals surface area (Å²) in [5.41, 5.74) is 1.48. The lowest BCUT2D eigenvalue weighted by atomic mass is 10.1. The Morgan fingerprint density at radius 1 is 1.19 bits per heavy atom. The number of carbonyl (C=O) groups is 1. The fraction of sp³-hybridized carbons (Fsp3) is 0.150. The summed E-state index contributed by atoms with van der Waals surface area (Å²) in [6, 6.07) is 17.7. The van der Waals surface area contributed by atoms with Crippen LogP contribution in [0.2, 0.25) is 0 Å². The molecule has 0 spiro atoms. The summed E-state index contributed by atoms with van der Waals surface area (Å²) in [5, 5.41) is 13.1. The summed E-state index contributed by atoms with van der Waals surface area (Å²) in [7, 11) is 1.69. The predicted octanol–water partition coefficient (Wildman–Crippen LogP) is 3.92. The van der Waals surface area contributed by atoms with E-state index in [-0.39, 0.29) is 5.91 Å². The van der Waals surface area contributed by atoms with E-state index in [1.54, 1.807) is 68.6 Å². The molecule has 0 atom stereocenters. The SMILES string of the molecule is Cc1cc(CN(C)C(=O)c2ccccc2Oc2ccccc2C#N)no1. The van der Waals surface area contributed by atoms with Crippen molar-refractivity contribution < 1.29 is 14.1 Å². The van der Waals surface area contributed by atoms with Crippen molar-refractivity contribution in [2.45, 2.75) is 13.5 Å². The molecular weight excluding hydrogens is 330 g/mol. The second-order valence-corrected chi connectivity index (χ2v) is 5.80. The van der Waals surface area contributed by atoms with Crippen LogP contribution in [-0.2, 0) is 6.54 Å². The van der Waals surface area contributed by atoms with Gasteiger partial charge in [-0.3, -0.25) is 4.79 Å². The first kappa shape index (κ1) is 17.2. The minimum atomic E-state index is -0.212. The van der Waals surface area contributed by atoms with Crippen LogP contribution in [0.4, 0.5) is 0 Å². The average molecular weight is 347 g/mol. The van der Waals surface area contributed by atoms with Gasteiger partial charge in [-0.15, -0.1) is 0 Å². The van der Waals surface area contributed by atoms with Gasteiger partial charge in [0.05, 0.1) is 17.7 Å². The number of hydrogen-bond acceptors (Lipinski definition) is 5. The summed E-state index contributed by atoms with van der Waals surface area (Å²) < 4.78 is 10.9. The Hall–Kier alpha value is -3.59. The molecule has 1 amide bonds. The molecular formula is C20H17N3O3. The molecule has 26 heavy (non-hydrogen) atoms. The number of amides is 1. The molecule has 0 N–H and O–H groups in total. The molecule has 3 rings (SSSR count). The predicted molar refractivity (Wildman–Crippen MR) is 94.7 cm³/mol. The average Bonchev–Trinajstić information content (AvgIpc) is 3.06. The standard InChI is InChI=1S/C20H17N3O3/c1-14-11-16(22-26-14)13-23(2)20(24)17-8-4-6-10-19(17)25-18-9-5-3-7-15(18)12-21/h3-11H,13H2,1-2H3. The van der Waals surface area contributed by atoms with Gasteiger partial charge in [-0.1, -0.05) is 29.4 Å². The minimum absolute atomic E-state index is 0.212. The van der Waals surface area contributed by atoms with Gasteiger partial charge >= 0.3 is 0 Å². The summed E-state index contributed by atoms with van der Waals surface area (Å²) in [6.07, 6.45) is 0. The van der Waals surface area contributed by atoms with Crippen molar-refractivity contribution in [1.82, 2.24) is 10.1 Å². The third-order valence-electron chi connectivity index (χ3n) is 3.77. The van der Waals surface area contributed by atoms with Gasteiger partial charge in [0, 0.05) is 13.1 Å². The molecule has 3 aromatic rings. The highest BCUT2D eigenvalue weighted by molar-refractivity contribution is 5.96. The Balaban J connectivity index is 1.84. The fourth-order valence-electron chi connectivity index (χ4n) is 2.51. The second kappa shape index (κ2) is 7.53. The normalized spacial score (nSPS) is 10.2. The number of para-hydroxylation sites is 2. The second-order valence-electron chi connectivity index (χ2n) is 5.80. The quantitative estimate of drug-likeness (QED) is 0.699. The van der Waals surface area contributed by atoms with Gasteiger partial charge < -0.3 is 14.2 Å². The van der Waals surface area contributed by atoms with Crippen LogP contribution in [0, 0.1) is 18.3 Å². The summed E-state index contributed by atoms with van der Waals surface area (Å²) in [5.74, 6) is 1.28. The molecule has 0 aliphatic carbocycles. The van der Waals surface area contributed by atoms with E-state index in [1.807, 2.05) is 0 Å². The van der Waals surface area contributed by atoms with Crippen LogP contribution in [0.3, 0.4) is 0 Å². The Morgan fingerprint density at radius 2 is 1.88 bits per heavy atom. The van der Waals surface area contributed by atoms with Crippen molar-refractivity contribution >= 4 is 5.91 Å². The molecule has 0 aliphatic heterocycles. The molecule has 0 bridgehead atoms. The summed E-state index contributed by atoms with van der Waals surface area (Å²) in [6.45, 7) is 2.12. The highest BCUT2D eigenvalue weighted by Gasteiger charge is 2.19. The molecule has 6 heteroatoms. The van der Waals surface area contributed by atoms with Crippen LogP contribution < -0.4 is 4.74 Å². The van der Waals surface area contributed by atoms with Crippen molar-refractivity contribution in [2.75, 3.05) is 7.05 Å². The number of aryl methyl sites for hydroxylation is 1. The van der Waals surface area contributed by atoms with Gasteiger partial charge in [0.15, 0.2) is 0 Å². The van der Waals surface area contributed by atoms with Crippen LogP contribution in [0.25, 0.3) is 0 Å². The lowest BCUT2D eigenvalue weighted by molar-refractivity contribution is 0.0779. The van der Waals surface area contributed by atoms with E-state index in [0.29, 0.717) is 40.6 Å². The van der Waals surface area contributed by atoms with Gasteiger partial charge in [-0.2, -0.15) is 5.26 Å². The van der Waals surface area contributed by atoms with E-state index in [1.165, 1.54) is 4.90 Å². The molecule has 0 aliphatic rings. The van der Waals surface area contributed by atoms with E-state index < -0.39 is 0 Å². The van der Waals surface area contributed by atoms with Crippen molar-refractivity contribution in [3.05, 3.63) is 77.2 Å². The lowest BCUT2D eigenvalue weighted by Crippen LogP contribution is -2.26. The maximum atomic E-state index is 12.8. The topological polar surface area (TPSA) is 79.4 Å². The smallest absolute Gasteiger partial charge is 0.257 e. The fourth-order valence-corrected chi connectivity index (χ4v) is 2.51. The van der Waals surface area contributed by atoms with Crippen molar-refractivity contribution in [3.63, 3.8) is 0 Å². The first-order valence-corrected chi connectivity index (χ1v) is 8.02. The van der Waals surface area contributed by atoms with Crippen molar-refractivity contribution in [2.24, 2.45) is 0 Å². The van der Waals surface area contributed by atoms with Crippen LogP contribution >= 0.6 is 0 Å². The Bertz CT molecular complexity index is 972. The zero-order chi connectivity index (χ0) is 18.5. The summed E-state index contributed by atoms with van der Waals surface area (Å²) >= 11 is 0. The first-order chi connectivity index (χ1) is 12.6. The van der Waals surface area contributed by atoms with Crippen LogP contribution in [0.15, 0.2) is 59.1 Å². The number of rotatable bonds is 5. The number of ether oxygens (including phenoxy) is 1. The summed E-state index contributed by atoms with van der Waals surface area (Å²) in [4.78, 5) is 14.4. The number of nitrogens with zero attached hydrogens (tertiary/aromatic N) is 3. The van der Waals surface area contributed by atoms with Crippen molar-refractivity contribution in [1.29, 1.82) is 5.26 Å². The Morgan fingerprint density at radius 3 is 2.58 bits per heavy atom. The Kier molecular flexibility index (Phi) is 4.99. The molecule has 0 saturated carbocycles. The van der Waals surface area contributed by atoms with Gasteiger partial charge in [0.25, 0.3) is 5.91 Å². The van der Waals surface area contributed by atoms with Gasteiger partial charge in [-0.05, 0) is 31.2 Å². The Labute approximate surface area is 151 Å². The van der Waals surface area contributed by atoms with E-state index in [4.69, 9.17) is 9.26 Å². The molecule has 1 aromatic heterocycles. The maximum absolute atomic E-state index is 12.8. The number of hydrogen-bond donors (Lipinski definition) is 0. The van der Waals surface area contributed by atoms with Crippen molar-refractivity contribution in [3.8, 4) is 17.6 Å². The highest BCUT2D eigenvalue weighted by Crippen LogP contribution is 2.28. The third kappa shape index (κ3) is 3.73. The van der Waals surface area contributed by atoms with Gasteiger partial charge in [0.2, 0.25) is 0 Å². The molecule has 130 valence electrons. The zero-order valence-electron chi connectivity index (χ0n) is 14.5. The number of nitriles is 1. The lowest BCUT2D eigenvalue weighted by Gasteiger charge is -2.18. The van der Waals surface area contributed by atoms with Crippen LogP contribution in [0.1, 0.15) is 27.4 Å². The van der Waals surface area contributed by atoms with E-state index in [2.05, 4.69) is 11.2 Å². The molecule has 6 nitrogen and oxygen atoms in total. The van der Waals surface area contributed by atoms with Crippen LogP contribution in [-0.4, -0.2) is 23.0 Å². The van der Waals surface area contributed by atoms with E-state index in [0.717, 1.165) is 0 Å². The number of benzene rings is 2. The molecule has 0 radical (unpaired) electrons.